The molecule has 0 saturated carbocycles. The Morgan fingerprint density at radius 2 is 1.52 bits per heavy atom. The summed E-state index contributed by atoms with van der Waals surface area (Å²) in [6, 6.07) is 13.7. The number of hydrogen-bond acceptors (Lipinski definition) is 3. The van der Waals surface area contributed by atoms with E-state index in [1.54, 1.807) is 53.4 Å². The number of nitrogens with one attached hydrogen (secondary N) is 3. The molecule has 3 rings (SSSR count). The lowest BCUT2D eigenvalue weighted by Crippen LogP contribution is -2.35. The zero-order valence-corrected chi connectivity index (χ0v) is 16.7. The molecule has 1 aliphatic rings. The summed E-state index contributed by atoms with van der Waals surface area (Å²) in [4.78, 5) is 38.0. The lowest BCUT2D eigenvalue weighted by Gasteiger charge is -2.26. The van der Waals surface area contributed by atoms with E-state index < -0.39 is 0 Å². The van der Waals surface area contributed by atoms with Crippen molar-refractivity contribution < 1.29 is 14.4 Å². The molecule has 0 unspecified atom stereocenters. The summed E-state index contributed by atoms with van der Waals surface area (Å²) in [7, 11) is 0. The van der Waals surface area contributed by atoms with Crippen molar-refractivity contribution in [3.05, 3.63) is 54.1 Å². The minimum Gasteiger partial charge on any atom is -0.336 e. The molecule has 29 heavy (non-hydrogen) atoms. The Bertz CT molecular complexity index is 876. The molecule has 0 aliphatic carbocycles. The number of rotatable bonds is 5. The summed E-state index contributed by atoms with van der Waals surface area (Å²) in [5.41, 5.74) is 2.59. The van der Waals surface area contributed by atoms with Gasteiger partial charge in [-0.1, -0.05) is 0 Å². The van der Waals surface area contributed by atoms with E-state index in [4.69, 9.17) is 0 Å². The van der Waals surface area contributed by atoms with Crippen LogP contribution in [0, 0.1) is 0 Å². The maximum atomic E-state index is 12.5. The Hall–Kier alpha value is -3.35. The van der Waals surface area contributed by atoms with Gasteiger partial charge in [0.05, 0.1) is 0 Å². The number of piperidine rings is 1. The highest BCUT2D eigenvalue weighted by atomic mass is 16.2. The van der Waals surface area contributed by atoms with Crippen molar-refractivity contribution in [3.8, 4) is 0 Å². The zero-order valence-electron chi connectivity index (χ0n) is 16.7. The summed E-state index contributed by atoms with van der Waals surface area (Å²) in [6.45, 7) is 4.49. The predicted octanol–water partition coefficient (Wildman–Crippen LogP) is 3.99. The number of nitrogens with zero attached hydrogens (tertiary/aromatic N) is 1. The van der Waals surface area contributed by atoms with Crippen molar-refractivity contribution in [1.29, 1.82) is 0 Å². The highest BCUT2D eigenvalue weighted by Gasteiger charge is 2.19. The van der Waals surface area contributed by atoms with Crippen LogP contribution in [0.4, 0.5) is 21.9 Å². The second-order valence-electron chi connectivity index (χ2n) is 7.33. The number of urea groups is 1. The Labute approximate surface area is 170 Å². The lowest BCUT2D eigenvalue weighted by molar-refractivity contribution is -0.119. The molecular formula is C22H26N4O3. The third-order valence-electron chi connectivity index (χ3n) is 4.58. The Kier molecular flexibility index (Phi) is 6.49. The van der Waals surface area contributed by atoms with Crippen molar-refractivity contribution >= 4 is 34.9 Å². The van der Waals surface area contributed by atoms with Crippen molar-refractivity contribution in [2.45, 2.75) is 39.2 Å². The number of amides is 4. The van der Waals surface area contributed by atoms with Crippen LogP contribution in [0.5, 0.6) is 0 Å². The molecule has 152 valence electrons. The van der Waals surface area contributed by atoms with Gasteiger partial charge in [0.15, 0.2) is 0 Å². The van der Waals surface area contributed by atoms with Gasteiger partial charge in [0, 0.05) is 41.6 Å². The first-order chi connectivity index (χ1) is 13.9. The number of anilines is 3. The third-order valence-corrected chi connectivity index (χ3v) is 4.58. The molecular weight excluding hydrogens is 368 g/mol. The van der Waals surface area contributed by atoms with Crippen LogP contribution < -0.4 is 20.9 Å². The van der Waals surface area contributed by atoms with E-state index in [2.05, 4.69) is 16.0 Å². The second-order valence-corrected chi connectivity index (χ2v) is 7.33. The first kappa shape index (κ1) is 20.4. The Morgan fingerprint density at radius 3 is 2.10 bits per heavy atom. The number of hydrogen-bond donors (Lipinski definition) is 3. The predicted molar refractivity (Wildman–Crippen MR) is 114 cm³/mol. The molecule has 1 fully saturated rings. The van der Waals surface area contributed by atoms with Crippen molar-refractivity contribution in [2.75, 3.05) is 22.1 Å². The summed E-state index contributed by atoms with van der Waals surface area (Å²) >= 11 is 0. The molecule has 0 radical (unpaired) electrons. The second kappa shape index (κ2) is 9.23. The maximum absolute atomic E-state index is 12.5. The van der Waals surface area contributed by atoms with Gasteiger partial charge in [-0.3, -0.25) is 9.59 Å². The molecule has 0 aromatic heterocycles. The van der Waals surface area contributed by atoms with Crippen LogP contribution in [0.2, 0.25) is 0 Å². The first-order valence-corrected chi connectivity index (χ1v) is 9.82. The Morgan fingerprint density at radius 1 is 0.897 bits per heavy atom. The molecule has 0 atom stereocenters. The highest BCUT2D eigenvalue weighted by Crippen LogP contribution is 2.22. The average molecular weight is 394 g/mol. The Balaban J connectivity index is 1.58. The van der Waals surface area contributed by atoms with E-state index >= 15 is 0 Å². The smallest absolute Gasteiger partial charge is 0.319 e. The van der Waals surface area contributed by atoms with E-state index in [0.717, 1.165) is 25.1 Å². The van der Waals surface area contributed by atoms with Gasteiger partial charge in [-0.15, -0.1) is 0 Å². The minimum absolute atomic E-state index is 0.0491. The van der Waals surface area contributed by atoms with Crippen molar-refractivity contribution in [1.82, 2.24) is 5.32 Å². The van der Waals surface area contributed by atoms with E-state index in [1.807, 2.05) is 13.8 Å². The summed E-state index contributed by atoms with van der Waals surface area (Å²) < 4.78 is 0. The summed E-state index contributed by atoms with van der Waals surface area (Å²) in [6.07, 6.45) is 2.51. The molecule has 7 nitrogen and oxygen atoms in total. The molecule has 3 N–H and O–H groups in total. The van der Waals surface area contributed by atoms with Gasteiger partial charge in [-0.2, -0.15) is 0 Å². The van der Waals surface area contributed by atoms with Crippen LogP contribution in [0.25, 0.3) is 0 Å². The molecule has 2 aromatic rings. The molecule has 2 aromatic carbocycles. The fraction of sp³-hybridized carbons (Fsp3) is 0.318. The van der Waals surface area contributed by atoms with Crippen LogP contribution in [0.1, 0.15) is 43.5 Å². The molecule has 1 aliphatic heterocycles. The van der Waals surface area contributed by atoms with Gasteiger partial charge >= 0.3 is 6.03 Å². The van der Waals surface area contributed by atoms with Gasteiger partial charge in [0.1, 0.15) is 0 Å². The third kappa shape index (κ3) is 5.57. The molecule has 4 amide bonds. The number of carbonyl (C=O) groups excluding carboxylic acids is 3. The first-order valence-electron chi connectivity index (χ1n) is 9.82. The van der Waals surface area contributed by atoms with Crippen LogP contribution >= 0.6 is 0 Å². The fourth-order valence-electron chi connectivity index (χ4n) is 3.14. The number of carbonyl (C=O) groups is 3. The number of benzene rings is 2. The van der Waals surface area contributed by atoms with Crippen LogP contribution in [-0.4, -0.2) is 30.4 Å². The van der Waals surface area contributed by atoms with Crippen LogP contribution in [0.3, 0.4) is 0 Å². The van der Waals surface area contributed by atoms with Gasteiger partial charge in [-0.25, -0.2) is 4.79 Å². The maximum Gasteiger partial charge on any atom is 0.319 e. The molecule has 0 bridgehead atoms. The topological polar surface area (TPSA) is 90.5 Å². The van der Waals surface area contributed by atoms with Crippen molar-refractivity contribution in [2.24, 2.45) is 0 Å². The standard InChI is InChI=1S/C22H26N4O3/c1-15(2)23-22(29)25-18-10-8-17(9-11-18)24-21(28)16-6-12-19(13-7-16)26-14-4-3-5-20(26)27/h6-13,15H,3-5,14H2,1-2H3,(H,24,28)(H2,23,25,29). The average Bonchev–Trinajstić information content (AvgIpc) is 2.69. The van der Waals surface area contributed by atoms with Crippen LogP contribution in [-0.2, 0) is 4.79 Å². The van der Waals surface area contributed by atoms with Gasteiger partial charge in [0.25, 0.3) is 5.91 Å². The monoisotopic (exact) mass is 394 g/mol. The SMILES string of the molecule is CC(C)NC(=O)Nc1ccc(NC(=O)c2ccc(N3CCCCC3=O)cc2)cc1. The molecule has 7 heteroatoms. The molecule has 0 spiro atoms. The van der Waals surface area contributed by atoms with E-state index in [0.29, 0.717) is 23.4 Å². The lowest BCUT2D eigenvalue weighted by atomic mass is 10.1. The quantitative estimate of drug-likeness (QED) is 0.716. The van der Waals surface area contributed by atoms with Crippen molar-refractivity contribution in [3.63, 3.8) is 0 Å². The van der Waals surface area contributed by atoms with E-state index in [9.17, 15) is 14.4 Å². The zero-order chi connectivity index (χ0) is 20.8. The fourth-order valence-corrected chi connectivity index (χ4v) is 3.14. The highest BCUT2D eigenvalue weighted by molar-refractivity contribution is 6.05. The molecule has 1 saturated heterocycles. The van der Waals surface area contributed by atoms with Gasteiger partial charge in [0.2, 0.25) is 5.91 Å². The van der Waals surface area contributed by atoms with Crippen LogP contribution in [0.15, 0.2) is 48.5 Å². The van der Waals surface area contributed by atoms with E-state index in [-0.39, 0.29) is 23.9 Å². The largest absolute Gasteiger partial charge is 0.336 e. The normalized spacial score (nSPS) is 13.9. The minimum atomic E-state index is -0.274. The van der Waals surface area contributed by atoms with Gasteiger partial charge < -0.3 is 20.9 Å². The van der Waals surface area contributed by atoms with E-state index in [1.165, 1.54) is 0 Å². The molecule has 1 heterocycles. The summed E-state index contributed by atoms with van der Waals surface area (Å²) in [5.74, 6) is -0.107. The summed E-state index contributed by atoms with van der Waals surface area (Å²) in [5, 5.41) is 8.31. The van der Waals surface area contributed by atoms with Gasteiger partial charge in [-0.05, 0) is 75.2 Å².